The minimum Gasteiger partial charge on any atom is -0.481 e. The molecule has 0 spiro atoms. The fraction of sp³-hybridized carbons (Fsp3) is 0.710. The zero-order valence-electron chi connectivity index (χ0n) is 27.5. The van der Waals surface area contributed by atoms with Crippen LogP contribution in [0.5, 0.6) is 0 Å². The van der Waals surface area contributed by atoms with Crippen molar-refractivity contribution in [2.75, 3.05) is 6.61 Å². The maximum Gasteiger partial charge on any atom is 0.331 e. The fourth-order valence-electron chi connectivity index (χ4n) is 5.59. The highest BCUT2D eigenvalue weighted by Crippen LogP contribution is 2.21. The van der Waals surface area contributed by atoms with Crippen LogP contribution in [0.15, 0.2) is 10.2 Å². The summed E-state index contributed by atoms with van der Waals surface area (Å²) >= 11 is 0. The first kappa shape index (κ1) is 37.1. The number of cyclic esters (lactones) is 1. The van der Waals surface area contributed by atoms with Gasteiger partial charge in [0.05, 0.1) is 5.92 Å². The van der Waals surface area contributed by atoms with Crippen molar-refractivity contribution in [2.24, 2.45) is 22.0 Å². The molecule has 0 aromatic carbocycles. The van der Waals surface area contributed by atoms with E-state index in [0.29, 0.717) is 25.7 Å². The molecular formula is C31H47N7O9. The summed E-state index contributed by atoms with van der Waals surface area (Å²) in [5, 5.41) is 27.5. The van der Waals surface area contributed by atoms with Gasteiger partial charge in [0.1, 0.15) is 30.8 Å². The second kappa shape index (κ2) is 17.5. The lowest BCUT2D eigenvalue weighted by Gasteiger charge is -2.31. The number of fused-ring (bicyclic) bond motifs is 1. The molecule has 3 aliphatic rings. The van der Waals surface area contributed by atoms with Crippen molar-refractivity contribution >= 4 is 53.9 Å². The highest BCUT2D eigenvalue weighted by molar-refractivity contribution is 5.97. The summed E-state index contributed by atoms with van der Waals surface area (Å²) in [6, 6.07) is -5.92. The topological polar surface area (TPSA) is 216 Å². The Labute approximate surface area is 274 Å². The van der Waals surface area contributed by atoms with Crippen molar-refractivity contribution in [3.8, 4) is 0 Å². The van der Waals surface area contributed by atoms with Gasteiger partial charge in [0.2, 0.25) is 23.6 Å². The van der Waals surface area contributed by atoms with Crippen LogP contribution in [0.3, 0.4) is 0 Å². The van der Waals surface area contributed by atoms with E-state index in [0.717, 1.165) is 22.9 Å². The van der Waals surface area contributed by atoms with E-state index < -0.39 is 84.2 Å². The number of carbonyl (C=O) groups is 7. The fourth-order valence-corrected chi connectivity index (χ4v) is 5.59. The molecule has 3 rings (SSSR count). The number of unbranched alkanes of at least 4 members (excludes halogenated alkanes) is 2. The van der Waals surface area contributed by atoms with Crippen LogP contribution in [0, 0.1) is 11.8 Å². The number of nitrogens with zero attached hydrogens (tertiary/aromatic N) is 4. The van der Waals surface area contributed by atoms with Gasteiger partial charge >= 0.3 is 11.9 Å². The zero-order chi connectivity index (χ0) is 34.7. The normalized spacial score (nSPS) is 26.2. The number of hydrogen-bond acceptors (Lipinski definition) is 10. The summed E-state index contributed by atoms with van der Waals surface area (Å²) in [6.07, 6.45) is 6.49. The number of carboxylic acids is 1. The summed E-state index contributed by atoms with van der Waals surface area (Å²) in [5.41, 5.74) is 0. The number of ether oxygens (including phenoxy) is 1. The Balaban J connectivity index is 1.85. The molecule has 1 fully saturated rings. The van der Waals surface area contributed by atoms with Gasteiger partial charge in [0.15, 0.2) is 6.04 Å². The first-order chi connectivity index (χ1) is 22.3. The average molecular weight is 662 g/mol. The number of amides is 5. The van der Waals surface area contributed by atoms with Gasteiger partial charge in [-0.1, -0.05) is 40.0 Å². The molecule has 0 aliphatic carbocycles. The molecule has 4 N–H and O–H groups in total. The summed E-state index contributed by atoms with van der Waals surface area (Å²) in [7, 11) is 0. The molecule has 260 valence electrons. The smallest absolute Gasteiger partial charge is 0.331 e. The Hall–Kier alpha value is -4.37. The molecule has 0 unspecified atom stereocenters. The molecule has 6 atom stereocenters. The molecule has 0 aromatic heterocycles. The number of hydrogen-bond donors (Lipinski definition) is 4. The number of rotatable bonds is 11. The van der Waals surface area contributed by atoms with Gasteiger partial charge in [-0.25, -0.2) is 14.8 Å². The first-order valence-corrected chi connectivity index (χ1v) is 16.3. The molecule has 0 radical (unpaired) electrons. The van der Waals surface area contributed by atoms with E-state index in [9.17, 15) is 38.7 Å². The zero-order valence-corrected chi connectivity index (χ0v) is 27.5. The third kappa shape index (κ3) is 10.3. The van der Waals surface area contributed by atoms with Gasteiger partial charge in [0.25, 0.3) is 5.91 Å². The Kier molecular flexibility index (Phi) is 13.8. The standard InChI is InChI=1S/C31H47N7O9/c1-5-6-7-10-20(30(44)45)16-25(39)37-23(11-8-13-32-37)28(42)36-22-17-47-31(46)24-12-9-14-33-38(24)29(43)19(4)34-26(40)21(15-18(2)3)35-27(22)41/h13-14,18-24H,5-12,15-17H2,1-4H3,(H,34,40)(H,35,41)(H,36,42)(H,44,45)/t19-,20-,21+,22-,23+,24+/m0/s1. The Morgan fingerprint density at radius 2 is 1.74 bits per heavy atom. The Morgan fingerprint density at radius 3 is 2.43 bits per heavy atom. The molecule has 16 nitrogen and oxygen atoms in total. The van der Waals surface area contributed by atoms with Gasteiger partial charge in [-0.3, -0.25) is 28.8 Å². The van der Waals surface area contributed by atoms with Crippen molar-refractivity contribution in [1.82, 2.24) is 26.0 Å². The van der Waals surface area contributed by atoms with Crippen molar-refractivity contribution in [2.45, 2.75) is 122 Å². The quantitative estimate of drug-likeness (QED) is 0.181. The van der Waals surface area contributed by atoms with Crippen LogP contribution in [0.4, 0.5) is 0 Å². The molecule has 47 heavy (non-hydrogen) atoms. The van der Waals surface area contributed by atoms with Gasteiger partial charge in [0, 0.05) is 18.9 Å². The highest BCUT2D eigenvalue weighted by Gasteiger charge is 2.40. The SMILES string of the molecule is CCCCC[C@@H](CC(=O)N1N=CCC[C@@H]1C(=O)N[C@H]1COC(=O)[C@H]2CCC=NN2C(=O)[C@H](C)NC(=O)[C@@H](CC(C)C)NC1=O)C(=O)O. The van der Waals surface area contributed by atoms with Gasteiger partial charge < -0.3 is 25.8 Å². The maximum absolute atomic E-state index is 13.6. The first-order valence-electron chi connectivity index (χ1n) is 16.3. The van der Waals surface area contributed by atoms with Crippen LogP contribution < -0.4 is 16.0 Å². The number of carbonyl (C=O) groups excluding carboxylic acids is 6. The molecule has 5 amide bonds. The van der Waals surface area contributed by atoms with E-state index >= 15 is 0 Å². The highest BCUT2D eigenvalue weighted by atomic mass is 16.5. The van der Waals surface area contributed by atoms with E-state index in [4.69, 9.17) is 4.74 Å². The Morgan fingerprint density at radius 1 is 1.04 bits per heavy atom. The van der Waals surface area contributed by atoms with Gasteiger partial charge in [-0.05, 0) is 51.4 Å². The predicted molar refractivity (Wildman–Crippen MR) is 168 cm³/mol. The summed E-state index contributed by atoms with van der Waals surface area (Å²) < 4.78 is 5.46. The third-order valence-electron chi connectivity index (χ3n) is 8.22. The van der Waals surface area contributed by atoms with Crippen LogP contribution in [0.2, 0.25) is 0 Å². The monoisotopic (exact) mass is 661 g/mol. The number of nitrogens with one attached hydrogen (secondary N) is 3. The number of aliphatic carboxylic acids is 1. The lowest BCUT2D eigenvalue weighted by molar-refractivity contribution is -0.158. The van der Waals surface area contributed by atoms with Crippen LogP contribution in [-0.2, 0) is 38.3 Å². The van der Waals surface area contributed by atoms with Crippen molar-refractivity contribution in [1.29, 1.82) is 0 Å². The van der Waals surface area contributed by atoms with Crippen LogP contribution >= 0.6 is 0 Å². The largest absolute Gasteiger partial charge is 0.481 e. The third-order valence-corrected chi connectivity index (χ3v) is 8.22. The molecule has 16 heteroatoms. The van der Waals surface area contributed by atoms with E-state index in [-0.39, 0.29) is 31.6 Å². The Bertz CT molecular complexity index is 1250. The minimum atomic E-state index is -1.48. The van der Waals surface area contributed by atoms with E-state index in [1.165, 1.54) is 19.4 Å². The molecule has 3 aliphatic heterocycles. The molecule has 3 heterocycles. The van der Waals surface area contributed by atoms with Crippen molar-refractivity contribution < 1.29 is 43.4 Å². The lowest BCUT2D eigenvalue weighted by atomic mass is 9.97. The van der Waals surface area contributed by atoms with Crippen LogP contribution in [0.1, 0.15) is 91.9 Å². The van der Waals surface area contributed by atoms with Gasteiger partial charge in [-0.2, -0.15) is 10.2 Å². The van der Waals surface area contributed by atoms with E-state index in [1.807, 2.05) is 20.8 Å². The summed E-state index contributed by atoms with van der Waals surface area (Å²) in [5.74, 6) is -6.46. The van der Waals surface area contributed by atoms with Crippen LogP contribution in [0.25, 0.3) is 0 Å². The second-order valence-electron chi connectivity index (χ2n) is 12.6. The van der Waals surface area contributed by atoms with Crippen molar-refractivity contribution in [3.63, 3.8) is 0 Å². The number of esters is 1. The maximum atomic E-state index is 13.6. The number of carboxylic acid groups (broad SMARTS) is 1. The van der Waals surface area contributed by atoms with E-state index in [2.05, 4.69) is 26.2 Å². The minimum absolute atomic E-state index is 0.0500. The van der Waals surface area contributed by atoms with Gasteiger partial charge in [-0.15, -0.1) is 0 Å². The summed E-state index contributed by atoms with van der Waals surface area (Å²) in [4.78, 5) is 91.9. The average Bonchev–Trinajstić information content (AvgIpc) is 3.04. The molecule has 1 saturated heterocycles. The second-order valence-corrected chi connectivity index (χ2v) is 12.6. The molecule has 0 saturated carbocycles. The number of hydrazone groups is 2. The van der Waals surface area contributed by atoms with Crippen molar-refractivity contribution in [3.05, 3.63) is 0 Å². The predicted octanol–water partition coefficient (Wildman–Crippen LogP) is 0.688. The molecular weight excluding hydrogens is 614 g/mol. The molecule has 0 aromatic rings. The lowest BCUT2D eigenvalue weighted by Crippen LogP contribution is -2.59. The molecule has 0 bridgehead atoms. The van der Waals surface area contributed by atoms with Crippen LogP contribution in [-0.4, -0.2) is 106 Å². The van der Waals surface area contributed by atoms with E-state index in [1.54, 1.807) is 0 Å². The summed E-state index contributed by atoms with van der Waals surface area (Å²) in [6.45, 7) is 6.49.